The maximum absolute atomic E-state index is 13.3. The third-order valence-electron chi connectivity index (χ3n) is 6.20. The Morgan fingerprint density at radius 3 is 2.39 bits per heavy atom. The van der Waals surface area contributed by atoms with Crippen LogP contribution in [0.1, 0.15) is 55.4 Å². The molecule has 1 aliphatic heterocycles. The number of hydrogen-bond donors (Lipinski definition) is 1. The summed E-state index contributed by atoms with van der Waals surface area (Å²) in [6, 6.07) is 7.00. The molecule has 2 heterocycles. The van der Waals surface area contributed by atoms with Crippen LogP contribution >= 0.6 is 0 Å². The smallest absolute Gasteiger partial charge is 0.253 e. The van der Waals surface area contributed by atoms with E-state index in [1.165, 1.54) is 4.31 Å². The molecule has 0 radical (unpaired) electrons. The molecule has 182 valence electrons. The van der Waals surface area contributed by atoms with Crippen LogP contribution in [0.25, 0.3) is 0 Å². The monoisotopic (exact) mass is 475 g/mol. The second kappa shape index (κ2) is 10.7. The van der Waals surface area contributed by atoms with Gasteiger partial charge in [0.25, 0.3) is 5.91 Å². The summed E-state index contributed by atoms with van der Waals surface area (Å²) in [6.07, 6.45) is 2.14. The van der Waals surface area contributed by atoms with Crippen molar-refractivity contribution in [3.05, 3.63) is 41.2 Å². The Morgan fingerprint density at radius 1 is 1.15 bits per heavy atom. The second-order valence-electron chi connectivity index (χ2n) is 8.89. The summed E-state index contributed by atoms with van der Waals surface area (Å²) in [6.45, 7) is 13.4. The summed E-state index contributed by atoms with van der Waals surface area (Å²) in [7, 11) is -3.65. The van der Waals surface area contributed by atoms with E-state index in [1.807, 2.05) is 38.4 Å². The van der Waals surface area contributed by atoms with Crippen molar-refractivity contribution < 1.29 is 13.2 Å². The molecule has 3 rings (SSSR count). The number of anilines is 1. The van der Waals surface area contributed by atoms with Gasteiger partial charge in [-0.05, 0) is 56.9 Å². The van der Waals surface area contributed by atoms with Crippen LogP contribution in [-0.2, 0) is 16.6 Å². The first kappa shape index (κ1) is 25.2. The van der Waals surface area contributed by atoms with E-state index in [0.717, 1.165) is 43.0 Å². The van der Waals surface area contributed by atoms with Gasteiger partial charge in [0, 0.05) is 50.6 Å². The summed E-state index contributed by atoms with van der Waals surface area (Å²) in [4.78, 5) is 15.6. The summed E-state index contributed by atoms with van der Waals surface area (Å²) in [5.74, 6) is -0.0708. The van der Waals surface area contributed by atoms with Gasteiger partial charge in [-0.25, -0.2) is 8.42 Å². The predicted molar refractivity (Wildman–Crippen MR) is 131 cm³/mol. The molecule has 1 unspecified atom stereocenters. The maximum Gasteiger partial charge on any atom is 0.253 e. The molecule has 8 nitrogen and oxygen atoms in total. The van der Waals surface area contributed by atoms with Gasteiger partial charge in [-0.2, -0.15) is 9.40 Å². The number of sulfonamides is 1. The minimum absolute atomic E-state index is 0.162. The topological polar surface area (TPSA) is 87.5 Å². The first-order chi connectivity index (χ1) is 15.7. The van der Waals surface area contributed by atoms with Crippen molar-refractivity contribution >= 4 is 21.6 Å². The van der Waals surface area contributed by atoms with Crippen LogP contribution in [0.3, 0.4) is 0 Å². The highest BCUT2D eigenvalue weighted by Gasteiger charge is 2.26. The summed E-state index contributed by atoms with van der Waals surface area (Å²) >= 11 is 0. The van der Waals surface area contributed by atoms with Crippen molar-refractivity contribution in [1.29, 1.82) is 0 Å². The molecule has 1 amide bonds. The Balaban J connectivity index is 1.82. The third-order valence-corrected chi connectivity index (χ3v) is 8.25. The number of aromatic nitrogens is 2. The maximum atomic E-state index is 13.3. The lowest BCUT2D eigenvalue weighted by Gasteiger charge is -2.24. The minimum atomic E-state index is -3.65. The van der Waals surface area contributed by atoms with E-state index in [4.69, 9.17) is 0 Å². The summed E-state index contributed by atoms with van der Waals surface area (Å²) in [5, 5.41) is 7.53. The van der Waals surface area contributed by atoms with E-state index in [0.29, 0.717) is 31.7 Å². The Morgan fingerprint density at radius 2 is 1.82 bits per heavy atom. The zero-order chi connectivity index (χ0) is 24.2. The van der Waals surface area contributed by atoms with Crippen LogP contribution in [0, 0.1) is 19.8 Å². The van der Waals surface area contributed by atoms with E-state index in [-0.39, 0.29) is 16.7 Å². The van der Waals surface area contributed by atoms with Crippen molar-refractivity contribution in [2.75, 3.05) is 37.6 Å². The third kappa shape index (κ3) is 5.76. The molecular weight excluding hydrogens is 438 g/mol. The SMILES string of the molecule is CCN(CC)S(=O)(=O)c1ccc(N2CCCC2)c(C(=O)NCC(C)Cn2nc(C)cc2C)c1. The van der Waals surface area contributed by atoms with E-state index in [2.05, 4.69) is 22.2 Å². The molecule has 1 aromatic heterocycles. The van der Waals surface area contributed by atoms with E-state index in [9.17, 15) is 13.2 Å². The van der Waals surface area contributed by atoms with Gasteiger partial charge < -0.3 is 10.2 Å². The van der Waals surface area contributed by atoms with Crippen molar-refractivity contribution in [1.82, 2.24) is 19.4 Å². The van der Waals surface area contributed by atoms with Crippen molar-refractivity contribution in [3.8, 4) is 0 Å². The summed E-state index contributed by atoms with van der Waals surface area (Å²) in [5.41, 5.74) is 3.29. The average Bonchev–Trinajstić information content (AvgIpc) is 3.42. The number of carbonyl (C=O) groups excluding carboxylic acids is 1. The molecule has 1 atom stereocenters. The number of nitrogens with zero attached hydrogens (tertiary/aromatic N) is 4. The molecule has 1 fully saturated rings. The molecule has 1 aromatic carbocycles. The predicted octanol–water partition coefficient (Wildman–Crippen LogP) is 3.20. The lowest BCUT2D eigenvalue weighted by atomic mass is 10.1. The molecule has 1 saturated heterocycles. The Bertz CT molecular complexity index is 1070. The molecule has 1 aliphatic rings. The van der Waals surface area contributed by atoms with E-state index < -0.39 is 10.0 Å². The molecular formula is C24H37N5O3S. The lowest BCUT2D eigenvalue weighted by molar-refractivity contribution is 0.0947. The van der Waals surface area contributed by atoms with Crippen molar-refractivity contribution in [2.24, 2.45) is 5.92 Å². The molecule has 0 spiro atoms. The zero-order valence-corrected chi connectivity index (χ0v) is 21.3. The molecule has 0 aliphatic carbocycles. The second-order valence-corrected chi connectivity index (χ2v) is 10.8. The fourth-order valence-electron chi connectivity index (χ4n) is 4.39. The normalized spacial score (nSPS) is 15.3. The number of hydrogen-bond acceptors (Lipinski definition) is 5. The number of aryl methyl sites for hydroxylation is 2. The number of rotatable bonds is 10. The fourth-order valence-corrected chi connectivity index (χ4v) is 5.87. The first-order valence-electron chi connectivity index (χ1n) is 11.9. The number of carbonyl (C=O) groups is 1. The fraction of sp³-hybridized carbons (Fsp3) is 0.583. The highest BCUT2D eigenvalue weighted by atomic mass is 32.2. The largest absolute Gasteiger partial charge is 0.371 e. The number of nitrogens with one attached hydrogen (secondary N) is 1. The van der Waals surface area contributed by atoms with Crippen LogP contribution in [0.4, 0.5) is 5.69 Å². The van der Waals surface area contributed by atoms with E-state index in [1.54, 1.807) is 18.2 Å². The highest BCUT2D eigenvalue weighted by molar-refractivity contribution is 7.89. The highest BCUT2D eigenvalue weighted by Crippen LogP contribution is 2.28. The van der Waals surface area contributed by atoms with Crippen molar-refractivity contribution in [2.45, 2.75) is 58.9 Å². The molecule has 33 heavy (non-hydrogen) atoms. The van der Waals surface area contributed by atoms with Gasteiger partial charge >= 0.3 is 0 Å². The van der Waals surface area contributed by atoms with Gasteiger partial charge in [-0.15, -0.1) is 0 Å². The van der Waals surface area contributed by atoms with Crippen LogP contribution < -0.4 is 10.2 Å². The first-order valence-corrected chi connectivity index (χ1v) is 13.3. The lowest BCUT2D eigenvalue weighted by Crippen LogP contribution is -2.33. The van der Waals surface area contributed by atoms with Gasteiger partial charge in [0.15, 0.2) is 0 Å². The number of benzene rings is 1. The van der Waals surface area contributed by atoms with Crippen LogP contribution in [0.2, 0.25) is 0 Å². The Kier molecular flexibility index (Phi) is 8.18. The number of amides is 1. The van der Waals surface area contributed by atoms with Gasteiger partial charge in [-0.3, -0.25) is 9.48 Å². The van der Waals surface area contributed by atoms with Crippen LogP contribution in [0.15, 0.2) is 29.2 Å². The summed E-state index contributed by atoms with van der Waals surface area (Å²) < 4.78 is 29.5. The van der Waals surface area contributed by atoms with Crippen LogP contribution in [-0.4, -0.2) is 61.1 Å². The molecule has 9 heteroatoms. The van der Waals surface area contributed by atoms with Gasteiger partial charge in [0.05, 0.1) is 16.2 Å². The van der Waals surface area contributed by atoms with Crippen molar-refractivity contribution in [3.63, 3.8) is 0 Å². The van der Waals surface area contributed by atoms with Gasteiger partial charge in [-0.1, -0.05) is 20.8 Å². The minimum Gasteiger partial charge on any atom is -0.371 e. The molecule has 2 aromatic rings. The molecule has 0 saturated carbocycles. The zero-order valence-electron chi connectivity index (χ0n) is 20.5. The van der Waals surface area contributed by atoms with Crippen LogP contribution in [0.5, 0.6) is 0 Å². The standard InChI is InChI=1S/C24H37N5O3S/c1-6-28(7-2)33(31,32)21-10-11-23(27-12-8-9-13-27)22(15-21)24(30)25-16-18(3)17-29-20(5)14-19(4)26-29/h10-11,14-15,18H,6-9,12-13,16-17H2,1-5H3,(H,25,30). The Hall–Kier alpha value is -2.39. The van der Waals surface area contributed by atoms with Gasteiger partial charge in [0.1, 0.15) is 0 Å². The Labute approximate surface area is 198 Å². The quantitative estimate of drug-likeness (QED) is 0.570. The van der Waals surface area contributed by atoms with Gasteiger partial charge in [0.2, 0.25) is 10.0 Å². The molecule has 1 N–H and O–H groups in total. The molecule has 0 bridgehead atoms. The average molecular weight is 476 g/mol. The van der Waals surface area contributed by atoms with E-state index >= 15 is 0 Å².